The number of hydrogen-bond donors (Lipinski definition) is 1. The molecule has 1 fully saturated rings. The molecule has 2 aliphatic heterocycles. The SMILES string of the molecule is NC(=O)C1CCN(c2cc3ncc(-c4c(Cl)ccn(N5CCc6ccccc65)c4=O)cc3cn2)C1. The van der Waals surface area contributed by atoms with Crippen LogP contribution in [0.4, 0.5) is 11.5 Å². The van der Waals surface area contributed by atoms with Gasteiger partial charge in [0.2, 0.25) is 5.91 Å². The number of amides is 1. The highest BCUT2D eigenvalue weighted by molar-refractivity contribution is 6.33. The normalized spacial score (nSPS) is 17.2. The molecule has 0 saturated carbocycles. The van der Waals surface area contributed by atoms with E-state index >= 15 is 0 Å². The Morgan fingerprint density at radius 3 is 2.77 bits per heavy atom. The minimum Gasteiger partial charge on any atom is -0.369 e. The zero-order chi connectivity index (χ0) is 24.1. The number of para-hydroxylation sites is 1. The maximum absolute atomic E-state index is 13.6. The first kappa shape index (κ1) is 21.6. The molecule has 4 aromatic rings. The summed E-state index contributed by atoms with van der Waals surface area (Å²) >= 11 is 6.52. The van der Waals surface area contributed by atoms with Gasteiger partial charge in [-0.25, -0.2) is 9.66 Å². The van der Waals surface area contributed by atoms with Crippen LogP contribution in [0.2, 0.25) is 5.02 Å². The van der Waals surface area contributed by atoms with Crippen LogP contribution in [0.5, 0.6) is 0 Å². The highest BCUT2D eigenvalue weighted by Crippen LogP contribution is 2.31. The maximum Gasteiger partial charge on any atom is 0.278 e. The molecule has 1 atom stereocenters. The number of carbonyl (C=O) groups is 1. The Bertz CT molecular complexity index is 1530. The summed E-state index contributed by atoms with van der Waals surface area (Å²) in [6.45, 7) is 2.00. The third kappa shape index (κ3) is 3.70. The van der Waals surface area contributed by atoms with E-state index < -0.39 is 0 Å². The number of carbonyl (C=O) groups excluding carboxylic acids is 1. The Labute approximate surface area is 206 Å². The third-order valence-electron chi connectivity index (χ3n) is 6.90. The fourth-order valence-electron chi connectivity index (χ4n) is 5.02. The molecule has 0 bridgehead atoms. The number of aromatic nitrogens is 3. The lowest BCUT2D eigenvalue weighted by atomic mass is 10.1. The van der Waals surface area contributed by atoms with Crippen LogP contribution in [0, 0.1) is 5.92 Å². The van der Waals surface area contributed by atoms with Gasteiger partial charge in [-0.2, -0.15) is 0 Å². The van der Waals surface area contributed by atoms with Crippen LogP contribution in [0.15, 0.2) is 65.8 Å². The second-order valence-electron chi connectivity index (χ2n) is 8.98. The molecule has 1 unspecified atom stereocenters. The minimum absolute atomic E-state index is 0.159. The van der Waals surface area contributed by atoms with Gasteiger partial charge in [0.05, 0.1) is 27.7 Å². The monoisotopic (exact) mass is 486 g/mol. The lowest BCUT2D eigenvalue weighted by Gasteiger charge is -2.23. The Hall–Kier alpha value is -3.91. The fourth-order valence-corrected chi connectivity index (χ4v) is 5.27. The van der Waals surface area contributed by atoms with Crippen LogP contribution in [0.25, 0.3) is 22.0 Å². The Balaban J connectivity index is 1.36. The zero-order valence-electron chi connectivity index (χ0n) is 18.9. The molecule has 0 aliphatic carbocycles. The van der Waals surface area contributed by atoms with Gasteiger partial charge in [-0.1, -0.05) is 29.8 Å². The number of nitrogens with zero attached hydrogens (tertiary/aromatic N) is 5. The molecule has 1 saturated heterocycles. The number of benzene rings is 1. The molecule has 5 heterocycles. The zero-order valence-corrected chi connectivity index (χ0v) is 19.7. The summed E-state index contributed by atoms with van der Waals surface area (Å²) in [6.07, 6.45) is 6.73. The van der Waals surface area contributed by atoms with Gasteiger partial charge in [-0.3, -0.25) is 19.6 Å². The molecule has 8 nitrogen and oxygen atoms in total. The number of primary amides is 1. The topological polar surface area (TPSA) is 97.4 Å². The number of pyridine rings is 3. The van der Waals surface area contributed by atoms with Crippen LogP contribution in [-0.2, 0) is 11.2 Å². The lowest BCUT2D eigenvalue weighted by Crippen LogP contribution is -2.37. The average molecular weight is 487 g/mol. The predicted octanol–water partition coefficient (Wildman–Crippen LogP) is 3.25. The van der Waals surface area contributed by atoms with Gasteiger partial charge in [-0.15, -0.1) is 0 Å². The summed E-state index contributed by atoms with van der Waals surface area (Å²) in [7, 11) is 0. The molecular weight excluding hydrogens is 464 g/mol. The molecule has 2 N–H and O–H groups in total. The van der Waals surface area contributed by atoms with Gasteiger partial charge in [0.15, 0.2) is 0 Å². The van der Waals surface area contributed by atoms with Gasteiger partial charge >= 0.3 is 0 Å². The summed E-state index contributed by atoms with van der Waals surface area (Å²) < 4.78 is 1.63. The van der Waals surface area contributed by atoms with Crippen molar-refractivity contribution in [3.05, 3.63) is 82.0 Å². The first-order valence-corrected chi connectivity index (χ1v) is 11.9. The third-order valence-corrected chi connectivity index (χ3v) is 7.22. The molecule has 176 valence electrons. The van der Waals surface area contributed by atoms with Gasteiger partial charge in [0.1, 0.15) is 5.82 Å². The van der Waals surface area contributed by atoms with Crippen molar-refractivity contribution in [1.82, 2.24) is 14.6 Å². The van der Waals surface area contributed by atoms with Crippen LogP contribution in [0.3, 0.4) is 0 Å². The van der Waals surface area contributed by atoms with Crippen LogP contribution >= 0.6 is 11.6 Å². The van der Waals surface area contributed by atoms with Gasteiger partial charge < -0.3 is 10.6 Å². The molecular formula is C26H23ClN6O2. The summed E-state index contributed by atoms with van der Waals surface area (Å²) in [5.41, 5.74) is 9.29. The van der Waals surface area contributed by atoms with E-state index in [0.29, 0.717) is 22.7 Å². The Morgan fingerprint density at radius 1 is 1.09 bits per heavy atom. The van der Waals surface area contributed by atoms with E-state index in [-0.39, 0.29) is 17.4 Å². The highest BCUT2D eigenvalue weighted by atomic mass is 35.5. The molecule has 6 rings (SSSR count). The molecule has 1 amide bonds. The van der Waals surface area contributed by atoms with Crippen molar-refractivity contribution < 1.29 is 4.79 Å². The maximum atomic E-state index is 13.6. The summed E-state index contributed by atoms with van der Waals surface area (Å²) in [5, 5.41) is 3.16. The van der Waals surface area contributed by atoms with Gasteiger partial charge in [0, 0.05) is 55.2 Å². The highest BCUT2D eigenvalue weighted by Gasteiger charge is 2.28. The van der Waals surface area contributed by atoms with Crippen LogP contribution in [0.1, 0.15) is 12.0 Å². The van der Waals surface area contributed by atoms with Crippen LogP contribution in [-0.4, -0.2) is 40.2 Å². The minimum atomic E-state index is -0.279. The van der Waals surface area contributed by atoms with E-state index in [1.165, 1.54) is 5.56 Å². The largest absolute Gasteiger partial charge is 0.369 e. The van der Waals surface area contributed by atoms with Crippen molar-refractivity contribution >= 4 is 39.9 Å². The number of fused-ring (bicyclic) bond motifs is 2. The molecule has 0 radical (unpaired) electrons. The van der Waals surface area contributed by atoms with Crippen molar-refractivity contribution in [2.24, 2.45) is 11.7 Å². The second kappa shape index (κ2) is 8.39. The van der Waals surface area contributed by atoms with E-state index in [1.54, 1.807) is 29.3 Å². The quantitative estimate of drug-likeness (QED) is 0.475. The first-order chi connectivity index (χ1) is 17.0. The van der Waals surface area contributed by atoms with Crippen molar-refractivity contribution in [3.63, 3.8) is 0 Å². The standard InChI is InChI=1S/C26H23ClN6O2/c27-20-7-10-33(32-9-6-16-3-1-2-4-22(16)32)26(35)24(20)19-11-18-13-30-23(12-21(18)29-14-19)31-8-5-17(15-31)25(28)34/h1-4,7,10-14,17H,5-6,8-9,15H2,(H2,28,34). The number of hydrogen-bond acceptors (Lipinski definition) is 6. The summed E-state index contributed by atoms with van der Waals surface area (Å²) in [4.78, 5) is 36.3. The number of rotatable bonds is 4. The van der Waals surface area contributed by atoms with Crippen LogP contribution < -0.4 is 21.2 Å². The molecule has 0 spiro atoms. The Morgan fingerprint density at radius 2 is 1.94 bits per heavy atom. The number of anilines is 2. The molecule has 3 aromatic heterocycles. The molecule has 9 heteroatoms. The van der Waals surface area contributed by atoms with E-state index in [1.807, 2.05) is 40.2 Å². The molecule has 35 heavy (non-hydrogen) atoms. The molecule has 2 aliphatic rings. The van der Waals surface area contributed by atoms with Crippen molar-refractivity contribution in [2.75, 3.05) is 29.5 Å². The van der Waals surface area contributed by atoms with E-state index in [0.717, 1.165) is 48.3 Å². The van der Waals surface area contributed by atoms with E-state index in [9.17, 15) is 9.59 Å². The van der Waals surface area contributed by atoms with Crippen molar-refractivity contribution in [2.45, 2.75) is 12.8 Å². The summed E-state index contributed by atoms with van der Waals surface area (Å²) in [6, 6.07) is 13.6. The second-order valence-corrected chi connectivity index (χ2v) is 9.39. The predicted molar refractivity (Wildman–Crippen MR) is 137 cm³/mol. The van der Waals surface area contributed by atoms with E-state index in [4.69, 9.17) is 17.3 Å². The molecule has 1 aromatic carbocycles. The number of nitrogens with two attached hydrogens (primary N) is 1. The van der Waals surface area contributed by atoms with Gasteiger partial charge in [-0.05, 0) is 36.6 Å². The number of halogens is 1. The lowest BCUT2D eigenvalue weighted by molar-refractivity contribution is -0.121. The van der Waals surface area contributed by atoms with Gasteiger partial charge in [0.25, 0.3) is 5.56 Å². The average Bonchev–Trinajstić information content (AvgIpc) is 3.52. The summed E-state index contributed by atoms with van der Waals surface area (Å²) in [5.74, 6) is 0.320. The fraction of sp³-hybridized carbons (Fsp3) is 0.231. The smallest absolute Gasteiger partial charge is 0.278 e. The first-order valence-electron chi connectivity index (χ1n) is 11.6. The van der Waals surface area contributed by atoms with E-state index in [2.05, 4.69) is 16.0 Å². The van der Waals surface area contributed by atoms with Crippen molar-refractivity contribution in [1.29, 1.82) is 0 Å². The Kier molecular flexibility index (Phi) is 5.18. The van der Waals surface area contributed by atoms with Crippen molar-refractivity contribution in [3.8, 4) is 11.1 Å².